The minimum atomic E-state index is 0.0970. The van der Waals surface area contributed by atoms with Gasteiger partial charge in [0.25, 0.3) is 0 Å². The van der Waals surface area contributed by atoms with Crippen molar-refractivity contribution in [3.05, 3.63) is 34.3 Å². The van der Waals surface area contributed by atoms with Crippen LogP contribution in [0.2, 0.25) is 0 Å². The summed E-state index contributed by atoms with van der Waals surface area (Å²) in [5.41, 5.74) is 3.99. The highest BCUT2D eigenvalue weighted by Gasteiger charge is 2.30. The van der Waals surface area contributed by atoms with Crippen LogP contribution in [0.3, 0.4) is 0 Å². The molecule has 0 aliphatic carbocycles. The fourth-order valence-electron chi connectivity index (χ4n) is 4.12. The number of amides is 2. The van der Waals surface area contributed by atoms with E-state index in [1.165, 1.54) is 5.56 Å². The number of nitrogens with zero attached hydrogens (tertiary/aromatic N) is 4. The Labute approximate surface area is 186 Å². The van der Waals surface area contributed by atoms with Crippen LogP contribution in [0, 0.1) is 5.92 Å². The quantitative estimate of drug-likeness (QED) is 0.265. The molecular weight excluding hydrogens is 448 g/mol. The van der Waals surface area contributed by atoms with E-state index >= 15 is 0 Å². The second-order valence-corrected chi connectivity index (χ2v) is 8.64. The number of halogens is 1. The Bertz CT molecular complexity index is 743. The van der Waals surface area contributed by atoms with Crippen LogP contribution in [0.15, 0.2) is 33.8 Å². The lowest BCUT2D eigenvalue weighted by Crippen LogP contribution is -2.51. The number of carbonyl (C=O) groups is 2. The average molecular weight is 479 g/mol. The van der Waals surface area contributed by atoms with Crippen molar-refractivity contribution in [3.8, 4) is 0 Å². The van der Waals surface area contributed by atoms with E-state index < -0.39 is 0 Å². The van der Waals surface area contributed by atoms with Crippen molar-refractivity contribution in [1.82, 2.24) is 25.4 Å². The molecule has 1 aromatic rings. The maximum absolute atomic E-state index is 13.0. The molecule has 0 spiro atoms. The van der Waals surface area contributed by atoms with Gasteiger partial charge in [0.2, 0.25) is 12.3 Å². The topological polar surface area (TPSA) is 80.3 Å². The average Bonchev–Trinajstić information content (AvgIpc) is 2.76. The molecule has 0 saturated carbocycles. The van der Waals surface area contributed by atoms with Crippen LogP contribution in [-0.2, 0) is 16.1 Å². The molecule has 3 rings (SSSR count). The third-order valence-electron chi connectivity index (χ3n) is 5.82. The highest BCUT2D eigenvalue weighted by molar-refractivity contribution is 9.10. The Balaban J connectivity index is 1.42. The number of hydrazone groups is 1. The molecule has 0 unspecified atom stereocenters. The van der Waals surface area contributed by atoms with Gasteiger partial charge in [0.05, 0.1) is 6.54 Å². The summed E-state index contributed by atoms with van der Waals surface area (Å²) < 4.78 is 1.14. The van der Waals surface area contributed by atoms with E-state index in [4.69, 9.17) is 0 Å². The SMILES string of the molecule is CN/N=C(/CN1CCC(C(=O)N2CCN(Cc3ccccc3Br)CC2)CC1)NC=O. The van der Waals surface area contributed by atoms with E-state index in [9.17, 15) is 9.59 Å². The zero-order valence-corrected chi connectivity index (χ0v) is 19.1. The summed E-state index contributed by atoms with van der Waals surface area (Å²) >= 11 is 3.62. The van der Waals surface area contributed by atoms with E-state index in [1.807, 2.05) is 11.0 Å². The van der Waals surface area contributed by atoms with Crippen LogP contribution in [0.5, 0.6) is 0 Å². The molecule has 0 atom stereocenters. The zero-order valence-electron chi connectivity index (χ0n) is 17.5. The Hall–Kier alpha value is -1.97. The van der Waals surface area contributed by atoms with Crippen molar-refractivity contribution in [2.45, 2.75) is 19.4 Å². The van der Waals surface area contributed by atoms with Gasteiger partial charge in [0.1, 0.15) is 5.84 Å². The van der Waals surface area contributed by atoms with Gasteiger partial charge in [-0.3, -0.25) is 19.4 Å². The number of carbonyl (C=O) groups excluding carboxylic acids is 2. The summed E-state index contributed by atoms with van der Waals surface area (Å²) in [5.74, 6) is 0.989. The number of nitrogens with one attached hydrogen (secondary N) is 2. The fraction of sp³-hybridized carbons (Fsp3) is 0.571. The van der Waals surface area contributed by atoms with Gasteiger partial charge in [-0.1, -0.05) is 34.1 Å². The number of hydrogen-bond donors (Lipinski definition) is 2. The Morgan fingerprint density at radius 3 is 2.47 bits per heavy atom. The molecule has 30 heavy (non-hydrogen) atoms. The molecule has 2 amide bonds. The van der Waals surface area contributed by atoms with Crippen LogP contribution in [0.4, 0.5) is 0 Å². The summed E-state index contributed by atoms with van der Waals surface area (Å²) in [6, 6.07) is 8.31. The number of piperazine rings is 1. The van der Waals surface area contributed by atoms with E-state index in [1.54, 1.807) is 7.05 Å². The zero-order chi connectivity index (χ0) is 21.3. The van der Waals surface area contributed by atoms with Gasteiger partial charge >= 0.3 is 0 Å². The van der Waals surface area contributed by atoms with Crippen molar-refractivity contribution in [2.75, 3.05) is 52.9 Å². The molecule has 8 nitrogen and oxygen atoms in total. The molecule has 0 radical (unpaired) electrons. The number of likely N-dealkylation sites (tertiary alicyclic amines) is 1. The lowest BCUT2D eigenvalue weighted by Gasteiger charge is -2.38. The maximum Gasteiger partial charge on any atom is 0.225 e. The molecule has 2 aliphatic rings. The molecule has 9 heteroatoms. The number of hydrogen-bond acceptors (Lipinski definition) is 6. The van der Waals surface area contributed by atoms with Crippen LogP contribution in [0.1, 0.15) is 18.4 Å². The summed E-state index contributed by atoms with van der Waals surface area (Å²) in [5, 5.41) is 6.70. The van der Waals surface area contributed by atoms with E-state index in [2.05, 4.69) is 59.8 Å². The Morgan fingerprint density at radius 2 is 1.83 bits per heavy atom. The highest BCUT2D eigenvalue weighted by atomic mass is 79.9. The number of amidine groups is 1. The highest BCUT2D eigenvalue weighted by Crippen LogP contribution is 2.22. The third-order valence-corrected chi connectivity index (χ3v) is 6.59. The number of piperidine rings is 1. The first-order valence-electron chi connectivity index (χ1n) is 10.5. The van der Waals surface area contributed by atoms with Crippen molar-refractivity contribution in [3.63, 3.8) is 0 Å². The van der Waals surface area contributed by atoms with Gasteiger partial charge in [-0.25, -0.2) is 0 Å². The van der Waals surface area contributed by atoms with Crippen molar-refractivity contribution in [1.29, 1.82) is 0 Å². The standard InChI is InChI=1S/C21H31BrN6O2/c1-23-25-20(24-16-29)15-26-8-6-17(7-9-26)21(30)28-12-10-27(11-13-28)14-18-4-2-3-5-19(18)22/h2-5,16-17,23H,6-15H2,1H3,(H,24,25,29). The van der Waals surface area contributed by atoms with Gasteiger partial charge in [0, 0.05) is 50.2 Å². The molecule has 164 valence electrons. The van der Waals surface area contributed by atoms with Crippen molar-refractivity contribution >= 4 is 34.1 Å². The molecule has 2 fully saturated rings. The lowest BCUT2D eigenvalue weighted by atomic mass is 9.95. The van der Waals surface area contributed by atoms with Crippen LogP contribution >= 0.6 is 15.9 Å². The van der Waals surface area contributed by atoms with E-state index in [0.29, 0.717) is 24.7 Å². The summed E-state index contributed by atoms with van der Waals surface area (Å²) in [7, 11) is 1.70. The predicted octanol–water partition coefficient (Wildman–Crippen LogP) is 1.08. The minimum absolute atomic E-state index is 0.0970. The van der Waals surface area contributed by atoms with Crippen molar-refractivity contribution in [2.24, 2.45) is 11.0 Å². The van der Waals surface area contributed by atoms with Gasteiger partial charge in [0.15, 0.2) is 0 Å². The second-order valence-electron chi connectivity index (χ2n) is 7.79. The van der Waals surface area contributed by atoms with Gasteiger partial charge in [-0.2, -0.15) is 5.10 Å². The first-order valence-corrected chi connectivity index (χ1v) is 11.3. The summed E-state index contributed by atoms with van der Waals surface area (Å²) in [4.78, 5) is 30.4. The largest absolute Gasteiger partial charge is 0.340 e. The van der Waals surface area contributed by atoms with Gasteiger partial charge < -0.3 is 15.6 Å². The first-order chi connectivity index (χ1) is 14.6. The predicted molar refractivity (Wildman–Crippen MR) is 121 cm³/mol. The molecule has 2 aliphatic heterocycles. The summed E-state index contributed by atoms with van der Waals surface area (Å²) in [6.45, 7) is 6.57. The molecule has 0 aromatic heterocycles. The molecule has 1 aromatic carbocycles. The monoisotopic (exact) mass is 478 g/mol. The van der Waals surface area contributed by atoms with Crippen molar-refractivity contribution < 1.29 is 9.59 Å². The maximum atomic E-state index is 13.0. The molecular formula is C21H31BrN6O2. The molecule has 2 N–H and O–H groups in total. The second kappa shape index (κ2) is 11.4. The van der Waals surface area contributed by atoms with Gasteiger partial charge in [-0.05, 0) is 37.6 Å². The Morgan fingerprint density at radius 1 is 1.13 bits per heavy atom. The normalized spacial score (nSPS) is 19.5. The van der Waals surface area contributed by atoms with Gasteiger partial charge in [-0.15, -0.1) is 0 Å². The Kier molecular flexibility index (Phi) is 8.65. The van der Waals surface area contributed by atoms with Crippen LogP contribution in [-0.4, -0.2) is 85.7 Å². The number of rotatable bonds is 7. The number of benzene rings is 1. The van der Waals surface area contributed by atoms with Crippen LogP contribution < -0.4 is 10.7 Å². The smallest absolute Gasteiger partial charge is 0.225 e. The third kappa shape index (κ3) is 6.26. The molecule has 2 heterocycles. The first kappa shape index (κ1) is 22.7. The van der Waals surface area contributed by atoms with E-state index in [-0.39, 0.29) is 5.92 Å². The minimum Gasteiger partial charge on any atom is -0.340 e. The molecule has 0 bridgehead atoms. The van der Waals surface area contributed by atoms with Crippen LogP contribution in [0.25, 0.3) is 0 Å². The fourth-order valence-corrected chi connectivity index (χ4v) is 4.53. The molecule has 2 saturated heterocycles. The lowest BCUT2D eigenvalue weighted by molar-refractivity contribution is -0.138. The summed E-state index contributed by atoms with van der Waals surface area (Å²) in [6.07, 6.45) is 2.34. The van der Waals surface area contributed by atoms with E-state index in [0.717, 1.165) is 63.1 Å².